The Morgan fingerprint density at radius 1 is 0.449 bits per heavy atom. The Kier molecular flexibility index (Phi) is 9.88. The molecule has 0 radical (unpaired) electrons. The van der Waals surface area contributed by atoms with Gasteiger partial charge in [-0.1, -0.05) is 212 Å². The molecule has 2 atom stereocenters. The van der Waals surface area contributed by atoms with Crippen molar-refractivity contribution in [3.8, 4) is 22.3 Å². The molecule has 1 aliphatic carbocycles. The number of nitrogens with zero attached hydrogens (tertiary/aromatic N) is 2. The summed E-state index contributed by atoms with van der Waals surface area (Å²) in [7, 11) is 0. The lowest BCUT2D eigenvalue weighted by Gasteiger charge is -2.35. The first-order valence-corrected chi connectivity index (χ1v) is 23.7. The van der Waals surface area contributed by atoms with Crippen LogP contribution in [0.2, 0.25) is 0 Å². The molecule has 10 aromatic carbocycles. The molecule has 2 aliphatic rings. The lowest BCUT2D eigenvalue weighted by molar-refractivity contribution is 0.408. The Balaban J connectivity index is 0.995. The van der Waals surface area contributed by atoms with E-state index in [2.05, 4.69) is 264 Å². The summed E-state index contributed by atoms with van der Waals surface area (Å²) in [5.74, 6) is 0.753. The first-order chi connectivity index (χ1) is 34.2. The van der Waals surface area contributed by atoms with Crippen molar-refractivity contribution in [2.45, 2.75) is 17.7 Å². The van der Waals surface area contributed by atoms with Crippen LogP contribution in [0.3, 0.4) is 0 Å². The first kappa shape index (κ1) is 40.5. The Bertz CT molecular complexity index is 3630. The molecule has 0 saturated carbocycles. The highest BCUT2D eigenvalue weighted by molar-refractivity contribution is 6.20. The van der Waals surface area contributed by atoms with Crippen LogP contribution in [-0.2, 0) is 5.41 Å². The maximum absolute atomic E-state index is 7.01. The van der Waals surface area contributed by atoms with E-state index < -0.39 is 11.6 Å². The van der Waals surface area contributed by atoms with Crippen molar-refractivity contribution in [2.24, 2.45) is 4.99 Å². The normalized spacial score (nSPS) is 15.8. The van der Waals surface area contributed by atoms with Gasteiger partial charge >= 0.3 is 0 Å². The predicted octanol–water partition coefficient (Wildman–Crippen LogP) is 15.4. The second kappa shape index (κ2) is 16.8. The summed E-state index contributed by atoms with van der Waals surface area (Å²) in [5.41, 5.74) is 17.0. The maximum atomic E-state index is 7.01. The standard InChI is InChI=1S/C64H46N4O/c1-6-20-43(21-7-1)44-34-37-50(38-35-44)68(49-28-14-5-15-29-49)57-41-40-54(60-59(57)53-31-17-19-33-58(53)69-60)63-66-61(45-22-8-2-9-23-45)65-62(67-63)46-36-39-52-51-30-16-18-32-55(51)64(56(52)42-46,47-24-10-3-11-25-47)48-26-12-4-13-27-48/h1-42,61-62,65H,(H,66,67). The number of fused-ring (bicyclic) bond motifs is 6. The zero-order chi connectivity index (χ0) is 45.7. The van der Waals surface area contributed by atoms with E-state index in [9.17, 15) is 0 Å². The number of aliphatic imine (C=N–C) groups is 1. The maximum Gasteiger partial charge on any atom is 0.148 e. The summed E-state index contributed by atoms with van der Waals surface area (Å²) in [6, 6.07) is 91.1. The lowest BCUT2D eigenvalue weighted by Crippen LogP contribution is -2.45. The number of rotatable bonds is 9. The van der Waals surface area contributed by atoms with Gasteiger partial charge in [-0.15, -0.1) is 0 Å². The molecule has 0 spiro atoms. The first-order valence-electron chi connectivity index (χ1n) is 23.7. The van der Waals surface area contributed by atoms with Crippen molar-refractivity contribution in [1.82, 2.24) is 10.6 Å². The smallest absolute Gasteiger partial charge is 0.148 e. The lowest BCUT2D eigenvalue weighted by atomic mass is 9.67. The number of anilines is 3. The van der Waals surface area contributed by atoms with Crippen molar-refractivity contribution < 1.29 is 4.42 Å². The highest BCUT2D eigenvalue weighted by Gasteiger charge is 2.46. The molecule has 5 heteroatoms. The predicted molar refractivity (Wildman–Crippen MR) is 282 cm³/mol. The average Bonchev–Trinajstić information content (AvgIpc) is 3.97. The van der Waals surface area contributed by atoms with E-state index in [0.29, 0.717) is 0 Å². The van der Waals surface area contributed by atoms with Gasteiger partial charge in [-0.2, -0.15) is 0 Å². The monoisotopic (exact) mass is 886 g/mol. The quantitative estimate of drug-likeness (QED) is 0.152. The Morgan fingerprint density at radius 3 is 1.74 bits per heavy atom. The molecule has 2 N–H and O–H groups in total. The molecular weight excluding hydrogens is 841 g/mol. The van der Waals surface area contributed by atoms with Gasteiger partial charge in [-0.25, -0.2) is 4.99 Å². The number of hydrogen-bond donors (Lipinski definition) is 2. The minimum Gasteiger partial charge on any atom is -0.455 e. The fraction of sp³-hybridized carbons (Fsp3) is 0.0469. The van der Waals surface area contributed by atoms with Crippen LogP contribution in [0.25, 0.3) is 44.2 Å². The number of para-hydroxylation sites is 2. The number of amidine groups is 1. The van der Waals surface area contributed by atoms with Gasteiger partial charge in [0, 0.05) is 16.8 Å². The molecule has 0 fully saturated rings. The fourth-order valence-corrected chi connectivity index (χ4v) is 10.9. The molecule has 328 valence electrons. The van der Waals surface area contributed by atoms with E-state index in [4.69, 9.17) is 9.41 Å². The molecule has 0 bridgehead atoms. The minimum atomic E-state index is -0.536. The van der Waals surface area contributed by atoms with Crippen LogP contribution in [0.15, 0.2) is 264 Å². The van der Waals surface area contributed by atoms with E-state index in [1.165, 1.54) is 38.9 Å². The molecule has 11 aromatic rings. The molecule has 5 nitrogen and oxygen atoms in total. The van der Waals surface area contributed by atoms with E-state index in [1.807, 2.05) is 6.07 Å². The molecule has 0 saturated heterocycles. The Labute approximate surface area is 401 Å². The Morgan fingerprint density at radius 2 is 1.01 bits per heavy atom. The molecule has 0 amide bonds. The third kappa shape index (κ3) is 6.77. The highest BCUT2D eigenvalue weighted by Crippen LogP contribution is 2.56. The van der Waals surface area contributed by atoms with E-state index >= 15 is 0 Å². The number of hydrogen-bond acceptors (Lipinski definition) is 5. The molecule has 13 rings (SSSR count). The van der Waals surface area contributed by atoms with Crippen LogP contribution in [0.4, 0.5) is 17.1 Å². The van der Waals surface area contributed by atoms with Gasteiger partial charge in [0.2, 0.25) is 0 Å². The van der Waals surface area contributed by atoms with Crippen LogP contribution in [-0.4, -0.2) is 5.84 Å². The van der Waals surface area contributed by atoms with Gasteiger partial charge in [0.05, 0.1) is 22.1 Å². The highest BCUT2D eigenvalue weighted by atomic mass is 16.3. The van der Waals surface area contributed by atoms with Gasteiger partial charge in [0.1, 0.15) is 29.3 Å². The largest absolute Gasteiger partial charge is 0.455 e. The zero-order valence-corrected chi connectivity index (χ0v) is 37.7. The van der Waals surface area contributed by atoms with Crippen molar-refractivity contribution in [1.29, 1.82) is 0 Å². The third-order valence-electron chi connectivity index (χ3n) is 14.0. The van der Waals surface area contributed by atoms with E-state index in [1.54, 1.807) is 0 Å². The number of nitrogens with one attached hydrogen (secondary N) is 2. The zero-order valence-electron chi connectivity index (χ0n) is 37.7. The van der Waals surface area contributed by atoms with Crippen LogP contribution in [0.5, 0.6) is 0 Å². The van der Waals surface area contributed by atoms with Crippen LogP contribution < -0.4 is 15.5 Å². The second-order valence-electron chi connectivity index (χ2n) is 17.9. The second-order valence-corrected chi connectivity index (χ2v) is 17.9. The van der Waals surface area contributed by atoms with Crippen molar-refractivity contribution in [3.05, 3.63) is 294 Å². The van der Waals surface area contributed by atoms with Crippen LogP contribution in [0, 0.1) is 0 Å². The molecule has 2 heterocycles. The molecular formula is C64H46N4O. The van der Waals surface area contributed by atoms with E-state index in [0.717, 1.165) is 67.1 Å². The van der Waals surface area contributed by atoms with Crippen LogP contribution in [0.1, 0.15) is 51.3 Å². The van der Waals surface area contributed by atoms with Crippen molar-refractivity contribution in [3.63, 3.8) is 0 Å². The fourth-order valence-electron chi connectivity index (χ4n) is 10.9. The van der Waals surface area contributed by atoms with Crippen molar-refractivity contribution >= 4 is 44.8 Å². The summed E-state index contributed by atoms with van der Waals surface area (Å²) in [5, 5.41) is 9.84. The van der Waals surface area contributed by atoms with Gasteiger partial charge in [0.15, 0.2) is 0 Å². The number of furan rings is 1. The molecule has 1 aromatic heterocycles. The topological polar surface area (TPSA) is 52.8 Å². The molecule has 2 unspecified atom stereocenters. The molecule has 69 heavy (non-hydrogen) atoms. The van der Waals surface area contributed by atoms with E-state index in [-0.39, 0.29) is 6.17 Å². The van der Waals surface area contributed by atoms with Crippen molar-refractivity contribution in [2.75, 3.05) is 4.90 Å². The average molecular weight is 887 g/mol. The van der Waals surface area contributed by atoms with Gasteiger partial charge in [0.25, 0.3) is 0 Å². The molecule has 1 aliphatic heterocycles. The summed E-state index contributed by atoms with van der Waals surface area (Å²) >= 11 is 0. The third-order valence-corrected chi connectivity index (χ3v) is 14.0. The summed E-state index contributed by atoms with van der Waals surface area (Å²) in [6.45, 7) is 0. The van der Waals surface area contributed by atoms with Gasteiger partial charge in [-0.3, -0.25) is 5.32 Å². The Hall–Kier alpha value is -8.77. The van der Waals surface area contributed by atoms with Crippen LogP contribution >= 0.6 is 0 Å². The number of benzene rings is 10. The summed E-state index contributed by atoms with van der Waals surface area (Å²) < 4.78 is 7.01. The van der Waals surface area contributed by atoms with Gasteiger partial charge < -0.3 is 14.6 Å². The summed E-state index contributed by atoms with van der Waals surface area (Å²) in [4.78, 5) is 7.97. The SMILES string of the molecule is c1ccc(-c2ccc(N(c3ccccc3)c3ccc(C4=NC(c5ccc6c(c5)C(c5ccccc5)(c5ccccc5)c5ccccc5-6)NC(c5ccccc5)N4)c4oc5ccccc5c34)cc2)cc1. The van der Waals surface area contributed by atoms with Gasteiger partial charge in [-0.05, 0) is 98.1 Å². The minimum absolute atomic E-state index is 0.259. The summed E-state index contributed by atoms with van der Waals surface area (Å²) in [6.07, 6.45) is -0.669.